The van der Waals surface area contributed by atoms with Gasteiger partial charge in [-0.15, -0.1) is 0 Å². The summed E-state index contributed by atoms with van der Waals surface area (Å²) < 4.78 is 6.03. The van der Waals surface area contributed by atoms with E-state index in [1.807, 2.05) is 0 Å². The van der Waals surface area contributed by atoms with Gasteiger partial charge in [0, 0.05) is 18.8 Å². The van der Waals surface area contributed by atoms with Gasteiger partial charge in [0.15, 0.2) is 0 Å². The number of ether oxygens (including phenoxy) is 1. The zero-order valence-electron chi connectivity index (χ0n) is 22.1. The molecule has 0 aromatic rings. The van der Waals surface area contributed by atoms with E-state index in [1.165, 1.54) is 45.4 Å². The first kappa shape index (κ1) is 25.5. The summed E-state index contributed by atoms with van der Waals surface area (Å²) in [7, 11) is 0. The molecule has 4 rings (SSSR count). The molecule has 190 valence electrons. The Kier molecular flexibility index (Phi) is 7.04. The number of aliphatic hydroxyl groups is 2. The van der Waals surface area contributed by atoms with E-state index in [0.29, 0.717) is 29.6 Å². The predicted molar refractivity (Wildman–Crippen MR) is 131 cm³/mol. The molecule has 4 fully saturated rings. The van der Waals surface area contributed by atoms with Crippen LogP contribution in [0, 0.1) is 46.3 Å². The molecule has 0 aromatic heterocycles. The summed E-state index contributed by atoms with van der Waals surface area (Å²) in [5.41, 5.74) is -0.833. The maximum Gasteiger partial charge on any atom is 0.303 e. The van der Waals surface area contributed by atoms with E-state index >= 15 is 0 Å². The third-order valence-electron chi connectivity index (χ3n) is 11.3. The Morgan fingerprint density at radius 1 is 1.00 bits per heavy atom. The minimum atomic E-state index is -0.937. The lowest BCUT2D eigenvalue weighted by atomic mass is 9.42. The highest BCUT2D eigenvalue weighted by Crippen LogP contribution is 2.69. The van der Waals surface area contributed by atoms with Crippen LogP contribution >= 0.6 is 0 Å². The van der Waals surface area contributed by atoms with E-state index in [-0.39, 0.29) is 11.4 Å². The second-order valence-electron chi connectivity index (χ2n) is 13.5. The van der Waals surface area contributed by atoms with Crippen molar-refractivity contribution < 1.29 is 19.7 Å². The Hall–Kier alpha value is -0.610. The monoisotopic (exact) mass is 462 g/mol. The number of fused-ring (bicyclic) bond motifs is 5. The summed E-state index contributed by atoms with van der Waals surface area (Å²) in [5.74, 6) is 3.62. The lowest BCUT2D eigenvalue weighted by molar-refractivity contribution is -0.274. The van der Waals surface area contributed by atoms with Gasteiger partial charge in [0.2, 0.25) is 0 Å². The number of hydrogen-bond donors (Lipinski definition) is 2. The van der Waals surface area contributed by atoms with Gasteiger partial charge in [-0.1, -0.05) is 53.9 Å². The number of carbonyl (C=O) groups is 1. The molecule has 4 aliphatic carbocycles. The Bertz CT molecular complexity index is 720. The Labute approximate surface area is 202 Å². The molecule has 0 spiro atoms. The average Bonchev–Trinajstić information content (AvgIpc) is 3.07. The van der Waals surface area contributed by atoms with Crippen LogP contribution in [-0.4, -0.2) is 34.0 Å². The van der Waals surface area contributed by atoms with Crippen LogP contribution in [0.5, 0.6) is 0 Å². The number of hydrogen-bond acceptors (Lipinski definition) is 4. The Morgan fingerprint density at radius 2 is 1.73 bits per heavy atom. The van der Waals surface area contributed by atoms with E-state index in [2.05, 4.69) is 34.6 Å². The summed E-state index contributed by atoms with van der Waals surface area (Å²) >= 11 is 0. The van der Waals surface area contributed by atoms with Crippen molar-refractivity contribution in [3.05, 3.63) is 0 Å². The molecular weight excluding hydrogens is 412 g/mol. The van der Waals surface area contributed by atoms with Gasteiger partial charge in [0.25, 0.3) is 0 Å². The average molecular weight is 463 g/mol. The van der Waals surface area contributed by atoms with Crippen LogP contribution in [0.1, 0.15) is 112 Å². The third-order valence-corrected chi connectivity index (χ3v) is 11.3. The first-order valence-corrected chi connectivity index (χ1v) is 14.0. The van der Waals surface area contributed by atoms with Gasteiger partial charge in [0.1, 0.15) is 5.60 Å². The highest BCUT2D eigenvalue weighted by atomic mass is 16.6. The standard InChI is InChI=1S/C29H50O4/c1-18(2)8-7-9-19(3)23-10-11-24-22-16-26(32)29(33-20(4)30)17-21(31)12-15-28(29,6)25(22)13-14-27(23,24)5/h18-19,21-26,31-32H,7-17H2,1-6H3/t19?,21-,22?,23?,24?,25?,26+,27+,28+,29-/m0/s1. The lowest BCUT2D eigenvalue weighted by Crippen LogP contribution is -2.70. The minimum Gasteiger partial charge on any atom is -0.456 e. The lowest BCUT2D eigenvalue weighted by Gasteiger charge is -2.66. The highest BCUT2D eigenvalue weighted by Gasteiger charge is 2.69. The molecule has 0 saturated heterocycles. The van der Waals surface area contributed by atoms with Crippen LogP contribution in [0.4, 0.5) is 0 Å². The van der Waals surface area contributed by atoms with Gasteiger partial charge >= 0.3 is 5.97 Å². The predicted octanol–water partition coefficient (Wildman–Crippen LogP) is 6.13. The molecule has 0 amide bonds. The van der Waals surface area contributed by atoms with Crippen molar-refractivity contribution >= 4 is 5.97 Å². The SMILES string of the molecule is CC(=O)O[C@]12C[C@@H](O)CC[C@]1(C)C1CC[C@]3(C)C(C(C)CCCC(C)C)CCC3C1C[C@H]2O. The quantitative estimate of drug-likeness (QED) is 0.466. The van der Waals surface area contributed by atoms with Crippen LogP contribution in [0.2, 0.25) is 0 Å². The van der Waals surface area contributed by atoms with Gasteiger partial charge in [0.05, 0.1) is 12.2 Å². The molecule has 10 atom stereocenters. The van der Waals surface area contributed by atoms with Crippen LogP contribution in [0.15, 0.2) is 0 Å². The molecule has 4 nitrogen and oxygen atoms in total. The number of aliphatic hydroxyl groups excluding tert-OH is 2. The first-order valence-electron chi connectivity index (χ1n) is 14.0. The fourth-order valence-electron chi connectivity index (χ4n) is 9.74. The van der Waals surface area contributed by atoms with Crippen LogP contribution < -0.4 is 0 Å². The normalized spacial score (nSPS) is 48.0. The number of carbonyl (C=O) groups excluding carboxylic acids is 1. The second kappa shape index (κ2) is 9.12. The molecule has 4 aliphatic rings. The molecule has 0 heterocycles. The molecule has 0 aromatic carbocycles. The summed E-state index contributed by atoms with van der Waals surface area (Å²) in [6.45, 7) is 13.4. The van der Waals surface area contributed by atoms with Gasteiger partial charge in [-0.2, -0.15) is 0 Å². The third kappa shape index (κ3) is 4.09. The zero-order chi connectivity index (χ0) is 24.2. The van der Waals surface area contributed by atoms with Crippen molar-refractivity contribution in [1.82, 2.24) is 0 Å². The van der Waals surface area contributed by atoms with Crippen molar-refractivity contribution in [2.45, 2.75) is 130 Å². The van der Waals surface area contributed by atoms with Crippen molar-refractivity contribution in [2.24, 2.45) is 46.3 Å². The number of esters is 1. The maximum absolute atomic E-state index is 12.2. The molecule has 0 radical (unpaired) electrons. The van der Waals surface area contributed by atoms with Crippen LogP contribution in [0.3, 0.4) is 0 Å². The molecular formula is C29H50O4. The number of rotatable bonds is 6. The van der Waals surface area contributed by atoms with Crippen molar-refractivity contribution in [3.63, 3.8) is 0 Å². The summed E-state index contributed by atoms with van der Waals surface area (Å²) in [5, 5.41) is 22.1. The van der Waals surface area contributed by atoms with E-state index < -0.39 is 17.8 Å². The molecule has 4 heteroatoms. The van der Waals surface area contributed by atoms with Gasteiger partial charge in [-0.25, -0.2) is 0 Å². The largest absolute Gasteiger partial charge is 0.456 e. The summed E-state index contributed by atoms with van der Waals surface area (Å²) in [6.07, 6.45) is 10.5. The Balaban J connectivity index is 1.58. The molecule has 5 unspecified atom stereocenters. The van der Waals surface area contributed by atoms with Crippen molar-refractivity contribution in [1.29, 1.82) is 0 Å². The topological polar surface area (TPSA) is 66.8 Å². The zero-order valence-corrected chi connectivity index (χ0v) is 22.1. The maximum atomic E-state index is 12.2. The molecule has 2 N–H and O–H groups in total. The van der Waals surface area contributed by atoms with E-state index in [1.54, 1.807) is 0 Å². The first-order chi connectivity index (χ1) is 15.4. The highest BCUT2D eigenvalue weighted by molar-refractivity contribution is 5.67. The van der Waals surface area contributed by atoms with Crippen molar-refractivity contribution in [2.75, 3.05) is 0 Å². The molecule has 0 bridgehead atoms. The van der Waals surface area contributed by atoms with Crippen molar-refractivity contribution in [3.8, 4) is 0 Å². The van der Waals surface area contributed by atoms with E-state index in [4.69, 9.17) is 4.74 Å². The smallest absolute Gasteiger partial charge is 0.303 e. The molecule has 0 aliphatic heterocycles. The van der Waals surface area contributed by atoms with Crippen LogP contribution in [-0.2, 0) is 9.53 Å². The molecule has 4 saturated carbocycles. The minimum absolute atomic E-state index is 0.261. The fraction of sp³-hybridized carbons (Fsp3) is 0.966. The van der Waals surface area contributed by atoms with E-state index in [0.717, 1.165) is 43.4 Å². The summed E-state index contributed by atoms with van der Waals surface area (Å²) in [4.78, 5) is 12.2. The second-order valence-corrected chi connectivity index (χ2v) is 13.5. The summed E-state index contributed by atoms with van der Waals surface area (Å²) in [6, 6.07) is 0. The Morgan fingerprint density at radius 3 is 2.39 bits per heavy atom. The fourth-order valence-corrected chi connectivity index (χ4v) is 9.74. The van der Waals surface area contributed by atoms with Gasteiger partial charge in [-0.05, 0) is 85.9 Å². The van der Waals surface area contributed by atoms with E-state index in [9.17, 15) is 15.0 Å². The van der Waals surface area contributed by atoms with Crippen LogP contribution in [0.25, 0.3) is 0 Å². The van der Waals surface area contributed by atoms with Gasteiger partial charge < -0.3 is 14.9 Å². The van der Waals surface area contributed by atoms with Gasteiger partial charge in [-0.3, -0.25) is 4.79 Å². The molecule has 33 heavy (non-hydrogen) atoms.